The highest BCUT2D eigenvalue weighted by Crippen LogP contribution is 2.70. The molecule has 6 saturated carbocycles. The number of ether oxygens (including phenoxy) is 2. The lowest BCUT2D eigenvalue weighted by Crippen LogP contribution is -2.76. The van der Waals surface area contributed by atoms with Gasteiger partial charge in [-0.2, -0.15) is 0 Å². The minimum atomic E-state index is -1.14. The number of amides is 7. The number of nitrogens with zero attached hydrogens (tertiary/aromatic N) is 2. The number of fused-ring (bicyclic) bond motifs is 2. The van der Waals surface area contributed by atoms with Crippen LogP contribution in [0.25, 0.3) is 0 Å². The smallest absolute Gasteiger partial charge is 0.408 e. The summed E-state index contributed by atoms with van der Waals surface area (Å²) in [6.45, 7) is 15.0. The van der Waals surface area contributed by atoms with Crippen LogP contribution in [-0.4, -0.2) is 121 Å². The highest BCUT2D eigenvalue weighted by atomic mass is 35.5. The van der Waals surface area contributed by atoms with Crippen molar-refractivity contribution in [1.82, 2.24) is 31.1 Å². The number of carbonyl (C=O) groups is 10. The number of halogens is 2. The van der Waals surface area contributed by atoms with E-state index in [9.17, 15) is 53.1 Å². The van der Waals surface area contributed by atoms with Crippen LogP contribution in [0.2, 0.25) is 10.0 Å². The van der Waals surface area contributed by atoms with Crippen molar-refractivity contribution in [2.75, 3.05) is 11.1 Å². The average molecular weight is 1440 g/mol. The van der Waals surface area contributed by atoms with Crippen molar-refractivity contribution < 1.29 is 62.5 Å². The fourth-order valence-corrected chi connectivity index (χ4v) is 15.7. The Kier molecular flexibility index (Phi) is 23.0. The summed E-state index contributed by atoms with van der Waals surface area (Å²) >= 11 is 11.9. The number of carboxylic acid groups (broad SMARTS) is 1. The maximum absolute atomic E-state index is 14.3. The van der Waals surface area contributed by atoms with Gasteiger partial charge in [-0.1, -0.05) is 132 Å². The van der Waals surface area contributed by atoms with E-state index in [1.807, 2.05) is 101 Å². The van der Waals surface area contributed by atoms with E-state index in [0.29, 0.717) is 66.8 Å². The normalized spacial score (nSPS) is 22.0. The molecule has 0 saturated heterocycles. The zero-order valence-corrected chi connectivity index (χ0v) is 61.1. The predicted molar refractivity (Wildman–Crippen MR) is 392 cm³/mol. The number of carboxylic acids is 1. The van der Waals surface area contributed by atoms with Crippen LogP contribution in [-0.2, 0) is 64.2 Å². The Balaban J connectivity index is 0.000000199. The molecule has 21 nitrogen and oxygen atoms in total. The van der Waals surface area contributed by atoms with Gasteiger partial charge in [-0.3, -0.25) is 33.6 Å². The predicted octanol–water partition coefficient (Wildman–Crippen LogP) is 12.8. The Bertz CT molecular complexity index is 4190. The zero-order valence-electron chi connectivity index (χ0n) is 59.6. The summed E-state index contributed by atoms with van der Waals surface area (Å²) in [5, 5.41) is 26.0. The SMILES string of the molecule is CC(C)(C)OC(=O)NC12CC(CC(NC(=O)[C@@H]3Cc4ccccc4CN3C(=O)CCC(=O)c3ccccc3)C(=O)O)(C1)C2.Cc1cc(N)ccc1Cl.Cc1cc(NC(=O)C(CC23CC(NC(=O)OC(C)(C)C)(C2)C3)NC(=O)[C@@H]2Cc3ccccc3CN2C(=O)CCC(=O)c2ccccc2)ccc1Cl. The summed E-state index contributed by atoms with van der Waals surface area (Å²) < 4.78 is 10.8. The zero-order chi connectivity index (χ0) is 74.4. The first-order valence-electron chi connectivity index (χ1n) is 34.9. The van der Waals surface area contributed by atoms with Crippen molar-refractivity contribution in [3.8, 4) is 0 Å². The molecule has 103 heavy (non-hydrogen) atoms. The lowest BCUT2D eigenvalue weighted by atomic mass is 9.38. The maximum atomic E-state index is 14.3. The molecule has 6 aromatic carbocycles. The maximum Gasteiger partial charge on any atom is 0.408 e. The van der Waals surface area contributed by atoms with Gasteiger partial charge in [0.1, 0.15) is 35.4 Å². The summed E-state index contributed by atoms with van der Waals surface area (Å²) in [4.78, 5) is 134. The van der Waals surface area contributed by atoms with Crippen LogP contribution in [0.3, 0.4) is 0 Å². The summed E-state index contributed by atoms with van der Waals surface area (Å²) in [6.07, 6.45) is 3.93. The van der Waals surface area contributed by atoms with E-state index in [2.05, 4.69) is 26.6 Å². The van der Waals surface area contributed by atoms with Crippen molar-refractivity contribution in [3.63, 3.8) is 0 Å². The fraction of sp³-hybridized carbons (Fsp3) is 0.425. The first-order chi connectivity index (χ1) is 48.6. The number of ketones is 2. The van der Waals surface area contributed by atoms with E-state index >= 15 is 0 Å². The third-order valence-corrected chi connectivity index (χ3v) is 20.9. The second-order valence-electron chi connectivity index (χ2n) is 30.8. The molecule has 8 aliphatic rings. The molecule has 23 heteroatoms. The van der Waals surface area contributed by atoms with Crippen molar-refractivity contribution in [2.45, 2.75) is 205 Å². The van der Waals surface area contributed by atoms with Crippen LogP contribution in [0.4, 0.5) is 21.0 Å². The number of rotatable bonds is 21. The molecule has 2 unspecified atom stereocenters. The largest absolute Gasteiger partial charge is 0.480 e. The lowest BCUT2D eigenvalue weighted by molar-refractivity contribution is -0.170. The van der Waals surface area contributed by atoms with E-state index in [-0.39, 0.29) is 109 Å². The minimum Gasteiger partial charge on any atom is -0.480 e. The molecule has 14 rings (SSSR count). The van der Waals surface area contributed by atoms with Crippen LogP contribution in [0.15, 0.2) is 146 Å². The molecule has 2 heterocycles. The second-order valence-corrected chi connectivity index (χ2v) is 31.6. The molecule has 4 atom stereocenters. The minimum absolute atomic E-state index is 0.00862. The third kappa shape index (κ3) is 19.2. The summed E-state index contributed by atoms with van der Waals surface area (Å²) in [5.74, 6) is -3.43. The number of aliphatic carboxylic acids is 1. The summed E-state index contributed by atoms with van der Waals surface area (Å²) in [6, 6.07) is 39.6. The molecule has 544 valence electrons. The van der Waals surface area contributed by atoms with Crippen molar-refractivity contribution in [2.24, 2.45) is 10.8 Å². The molecule has 0 aromatic heterocycles. The molecule has 8 N–H and O–H groups in total. The van der Waals surface area contributed by atoms with Crippen LogP contribution in [0, 0.1) is 24.7 Å². The Morgan fingerprint density at radius 1 is 0.515 bits per heavy atom. The number of anilines is 2. The Morgan fingerprint density at radius 3 is 1.28 bits per heavy atom. The average Bonchev–Trinajstić information content (AvgIpc) is 0.688. The standard InChI is InChI=1S/C40H45ClN4O6.C33H39N3O7.C7H8ClN/c1-25-18-29(14-15-30(25)41)42-35(48)31(20-39-22-40(23-39,24-39)44-37(50)51-38(2,3)4)43-36(49)32-19-27-12-8-9-13-28(27)21-45(32)34(47)17-16-33(46)26-10-6-5-7-11-26;1-31(2,3)43-30(42)35-33-18-32(19-33,20-33)16-24(29(40)41)34-28(39)25-15-22-11-7-8-12-23(22)17-36(25)27(38)14-13-26(37)21-9-5-4-6-10-21;1-5-4-6(9)2-3-7(5)8/h5-15,18,31-32H,16-17,19-24H2,1-4H3,(H,42,48)(H,43,49)(H,44,50);4-12,24-25H,13-20H2,1-3H3,(H,34,39)(H,35,42)(H,40,41);2-4H,9H2,1H3/t31?,32-,39?,40?;24?,25-,32?,33?;/m00./s1. The van der Waals surface area contributed by atoms with E-state index in [1.165, 1.54) is 9.80 Å². The molecular formula is C80H92Cl2N8O13. The van der Waals surface area contributed by atoms with E-state index < -0.39 is 65.3 Å². The highest BCUT2D eigenvalue weighted by molar-refractivity contribution is 6.31. The van der Waals surface area contributed by atoms with Gasteiger partial charge in [-0.05, 0) is 187 Å². The summed E-state index contributed by atoms with van der Waals surface area (Å²) in [7, 11) is 0. The quantitative estimate of drug-likeness (QED) is 0.0260. The Labute approximate surface area is 611 Å². The monoisotopic (exact) mass is 1440 g/mol. The Hall–Kier alpha value is -9.60. The number of hydrogen-bond donors (Lipinski definition) is 7. The van der Waals surface area contributed by atoms with Gasteiger partial charge < -0.3 is 56.7 Å². The van der Waals surface area contributed by atoms with Gasteiger partial charge in [0.25, 0.3) is 0 Å². The van der Waals surface area contributed by atoms with Gasteiger partial charge >= 0.3 is 18.2 Å². The van der Waals surface area contributed by atoms with Gasteiger partial charge in [0, 0.05) is 95.2 Å². The number of alkyl carbamates (subject to hydrolysis) is 2. The number of nitrogens with one attached hydrogen (secondary N) is 5. The number of benzene rings is 6. The molecule has 6 fully saturated rings. The first-order valence-corrected chi connectivity index (χ1v) is 35.7. The van der Waals surface area contributed by atoms with E-state index in [4.69, 9.17) is 38.4 Å². The van der Waals surface area contributed by atoms with E-state index in [0.717, 1.165) is 44.1 Å². The van der Waals surface area contributed by atoms with Crippen LogP contribution in [0.5, 0.6) is 0 Å². The van der Waals surface area contributed by atoms with Crippen LogP contribution in [0.1, 0.15) is 173 Å². The van der Waals surface area contributed by atoms with Gasteiger partial charge in [0.05, 0.1) is 0 Å². The summed E-state index contributed by atoms with van der Waals surface area (Å²) in [5.41, 5.74) is 10.9. The topological polar surface area (TPSA) is 302 Å². The van der Waals surface area contributed by atoms with Crippen LogP contribution < -0.4 is 32.3 Å². The molecule has 0 spiro atoms. The number of nitrogen functional groups attached to an aromatic ring is 1. The lowest BCUT2D eigenvalue weighted by Gasteiger charge is -2.71. The number of Topliss-reactive ketones (excluding diaryl/α,β-unsaturated/α-hetero) is 2. The number of hydrogen-bond acceptors (Lipinski definition) is 13. The third-order valence-electron chi connectivity index (χ3n) is 20.0. The van der Waals surface area contributed by atoms with Gasteiger partial charge in [0.2, 0.25) is 29.5 Å². The molecular weight excluding hydrogens is 1350 g/mol. The molecule has 0 radical (unpaired) electrons. The number of aryl methyl sites for hydroxylation is 2. The molecule has 6 aromatic rings. The van der Waals surface area contributed by atoms with Gasteiger partial charge in [-0.15, -0.1) is 0 Å². The number of nitrogens with two attached hydrogens (primary N) is 1. The van der Waals surface area contributed by atoms with Crippen molar-refractivity contribution in [3.05, 3.63) is 200 Å². The van der Waals surface area contributed by atoms with Gasteiger partial charge in [0.15, 0.2) is 11.6 Å². The number of carbonyl (C=O) groups excluding carboxylic acids is 9. The molecule has 4 bridgehead atoms. The molecule has 6 aliphatic carbocycles. The van der Waals surface area contributed by atoms with E-state index in [1.54, 1.807) is 99.6 Å². The van der Waals surface area contributed by atoms with Gasteiger partial charge in [-0.25, -0.2) is 14.4 Å². The second kappa shape index (κ2) is 31.2. The Morgan fingerprint density at radius 2 is 0.893 bits per heavy atom. The fourth-order valence-electron chi connectivity index (χ4n) is 15.5. The first kappa shape index (κ1) is 76.0. The molecule has 2 aliphatic heterocycles. The highest BCUT2D eigenvalue weighted by Gasteiger charge is 2.70. The van der Waals surface area contributed by atoms with Crippen LogP contribution >= 0.6 is 23.2 Å². The molecule has 7 amide bonds. The van der Waals surface area contributed by atoms with Crippen molar-refractivity contribution in [1.29, 1.82) is 0 Å². The van der Waals surface area contributed by atoms with Crippen molar-refractivity contribution >= 4 is 93.8 Å².